The van der Waals surface area contributed by atoms with Gasteiger partial charge in [0.2, 0.25) is 0 Å². The minimum atomic E-state index is 0.261. The minimum absolute atomic E-state index is 0.261. The van der Waals surface area contributed by atoms with E-state index in [9.17, 15) is 0 Å². The summed E-state index contributed by atoms with van der Waals surface area (Å²) < 4.78 is 0. The summed E-state index contributed by atoms with van der Waals surface area (Å²) in [7, 11) is 0. The fourth-order valence-electron chi connectivity index (χ4n) is 5.22. The van der Waals surface area contributed by atoms with E-state index in [1.165, 1.54) is 38.5 Å². The standard InChI is InChI=1S/C16H21ClN2/c1-9-10(2)18-15(19-14(9)17)16-6-11-3-12(7-16)5-13(4-11)8-16/h11-13H,3-8H2,1-2H3. The molecule has 4 aliphatic rings. The molecule has 0 unspecified atom stereocenters. The molecule has 1 heterocycles. The average molecular weight is 277 g/mol. The van der Waals surface area contributed by atoms with Crippen molar-refractivity contribution in [1.82, 2.24) is 9.97 Å². The van der Waals surface area contributed by atoms with Gasteiger partial charge >= 0.3 is 0 Å². The van der Waals surface area contributed by atoms with Gasteiger partial charge in [0, 0.05) is 16.7 Å². The van der Waals surface area contributed by atoms with Crippen molar-refractivity contribution in [2.75, 3.05) is 0 Å². The van der Waals surface area contributed by atoms with Crippen LogP contribution in [0.15, 0.2) is 0 Å². The number of halogens is 1. The Morgan fingerprint density at radius 1 is 0.947 bits per heavy atom. The van der Waals surface area contributed by atoms with E-state index < -0.39 is 0 Å². The first-order chi connectivity index (χ1) is 9.06. The predicted molar refractivity (Wildman–Crippen MR) is 76.4 cm³/mol. The van der Waals surface area contributed by atoms with Gasteiger partial charge in [0.25, 0.3) is 0 Å². The number of nitrogens with zero attached hydrogens (tertiary/aromatic N) is 2. The summed E-state index contributed by atoms with van der Waals surface area (Å²) in [6, 6.07) is 0. The molecule has 3 heteroatoms. The van der Waals surface area contributed by atoms with Crippen molar-refractivity contribution >= 4 is 11.6 Å². The molecule has 0 spiro atoms. The van der Waals surface area contributed by atoms with Crippen LogP contribution >= 0.6 is 11.6 Å². The van der Waals surface area contributed by atoms with Crippen LogP contribution in [0.2, 0.25) is 5.15 Å². The molecule has 1 aromatic heterocycles. The average Bonchev–Trinajstić information content (AvgIpc) is 2.33. The fraction of sp³-hybridized carbons (Fsp3) is 0.750. The molecule has 4 fully saturated rings. The molecule has 0 saturated heterocycles. The lowest BCUT2D eigenvalue weighted by molar-refractivity contribution is -0.00948. The van der Waals surface area contributed by atoms with Gasteiger partial charge in [-0.15, -0.1) is 0 Å². The highest BCUT2D eigenvalue weighted by Crippen LogP contribution is 2.60. The maximum absolute atomic E-state index is 6.31. The Morgan fingerprint density at radius 3 is 1.95 bits per heavy atom. The van der Waals surface area contributed by atoms with E-state index in [-0.39, 0.29) is 5.41 Å². The van der Waals surface area contributed by atoms with Gasteiger partial charge in [-0.2, -0.15) is 0 Å². The first kappa shape index (κ1) is 12.1. The fourth-order valence-corrected chi connectivity index (χ4v) is 5.43. The Labute approximate surface area is 120 Å². The Morgan fingerprint density at radius 2 is 1.47 bits per heavy atom. The van der Waals surface area contributed by atoms with Crippen molar-refractivity contribution in [3.8, 4) is 0 Å². The topological polar surface area (TPSA) is 25.8 Å². The number of hydrogen-bond donors (Lipinski definition) is 0. The SMILES string of the molecule is Cc1nc(C23CC4CC(CC(C4)C2)C3)nc(Cl)c1C. The zero-order valence-electron chi connectivity index (χ0n) is 11.7. The highest BCUT2D eigenvalue weighted by atomic mass is 35.5. The summed E-state index contributed by atoms with van der Waals surface area (Å²) in [4.78, 5) is 9.51. The molecule has 4 aliphatic carbocycles. The summed E-state index contributed by atoms with van der Waals surface area (Å²) in [6.07, 6.45) is 8.28. The lowest BCUT2D eigenvalue weighted by atomic mass is 9.49. The molecule has 1 aromatic rings. The second-order valence-electron chi connectivity index (χ2n) is 7.25. The van der Waals surface area contributed by atoms with Gasteiger partial charge in [-0.25, -0.2) is 9.97 Å². The first-order valence-corrected chi connectivity index (χ1v) is 7.95. The molecule has 0 aliphatic heterocycles. The predicted octanol–water partition coefficient (Wildman–Crippen LogP) is 4.21. The summed E-state index contributed by atoms with van der Waals surface area (Å²) >= 11 is 6.31. The third-order valence-electron chi connectivity index (χ3n) is 5.84. The van der Waals surface area contributed by atoms with Crippen LogP contribution in [0.25, 0.3) is 0 Å². The van der Waals surface area contributed by atoms with Gasteiger partial charge in [-0.3, -0.25) is 0 Å². The summed E-state index contributed by atoms with van der Waals surface area (Å²) in [6.45, 7) is 4.08. The Bertz CT molecular complexity index is 479. The maximum Gasteiger partial charge on any atom is 0.136 e. The summed E-state index contributed by atoms with van der Waals surface area (Å²) in [5, 5.41) is 0.665. The lowest BCUT2D eigenvalue weighted by Gasteiger charge is -2.56. The smallest absolute Gasteiger partial charge is 0.136 e. The van der Waals surface area contributed by atoms with Crippen LogP contribution in [0.3, 0.4) is 0 Å². The Hall–Kier alpha value is -0.630. The third kappa shape index (κ3) is 1.75. The molecule has 4 bridgehead atoms. The Balaban J connectivity index is 1.79. The molecule has 102 valence electrons. The molecule has 0 radical (unpaired) electrons. The van der Waals surface area contributed by atoms with E-state index in [2.05, 4.69) is 11.9 Å². The molecule has 2 nitrogen and oxygen atoms in total. The molecule has 0 N–H and O–H groups in total. The number of hydrogen-bond acceptors (Lipinski definition) is 2. The first-order valence-electron chi connectivity index (χ1n) is 7.57. The molecule has 19 heavy (non-hydrogen) atoms. The van der Waals surface area contributed by atoms with Crippen LogP contribution in [0.5, 0.6) is 0 Å². The van der Waals surface area contributed by atoms with Crippen LogP contribution in [0, 0.1) is 31.6 Å². The molecule has 0 atom stereocenters. The maximum atomic E-state index is 6.31. The van der Waals surface area contributed by atoms with E-state index in [1.54, 1.807) is 0 Å². The highest BCUT2D eigenvalue weighted by Gasteiger charge is 2.53. The van der Waals surface area contributed by atoms with Gasteiger partial charge in [0.15, 0.2) is 0 Å². The van der Waals surface area contributed by atoms with Crippen molar-refractivity contribution < 1.29 is 0 Å². The molecular formula is C16H21ClN2. The van der Waals surface area contributed by atoms with Crippen molar-refractivity contribution in [2.45, 2.75) is 57.8 Å². The van der Waals surface area contributed by atoms with Gasteiger partial charge in [-0.1, -0.05) is 11.6 Å². The van der Waals surface area contributed by atoms with Crippen LogP contribution < -0.4 is 0 Å². The normalized spacial score (nSPS) is 39.8. The van der Waals surface area contributed by atoms with Crippen molar-refractivity contribution in [2.24, 2.45) is 17.8 Å². The Kier molecular flexibility index (Phi) is 2.52. The number of aromatic nitrogens is 2. The van der Waals surface area contributed by atoms with Crippen molar-refractivity contribution in [3.05, 3.63) is 22.2 Å². The zero-order chi connectivity index (χ0) is 13.2. The van der Waals surface area contributed by atoms with Crippen LogP contribution in [-0.4, -0.2) is 9.97 Å². The van der Waals surface area contributed by atoms with E-state index >= 15 is 0 Å². The van der Waals surface area contributed by atoms with Gasteiger partial charge in [-0.05, 0) is 70.1 Å². The van der Waals surface area contributed by atoms with Gasteiger partial charge in [0.05, 0.1) is 0 Å². The van der Waals surface area contributed by atoms with E-state index in [0.29, 0.717) is 5.15 Å². The lowest BCUT2D eigenvalue weighted by Crippen LogP contribution is -2.49. The number of aryl methyl sites for hydroxylation is 1. The molecule has 4 saturated carbocycles. The molecule has 5 rings (SSSR count). The summed E-state index contributed by atoms with van der Waals surface area (Å²) in [5.41, 5.74) is 2.36. The van der Waals surface area contributed by atoms with Crippen LogP contribution in [-0.2, 0) is 5.41 Å². The molecular weight excluding hydrogens is 256 g/mol. The second-order valence-corrected chi connectivity index (χ2v) is 7.60. The summed E-state index contributed by atoms with van der Waals surface area (Å²) in [5.74, 6) is 3.83. The minimum Gasteiger partial charge on any atom is -0.237 e. The van der Waals surface area contributed by atoms with Crippen LogP contribution in [0.4, 0.5) is 0 Å². The van der Waals surface area contributed by atoms with Gasteiger partial charge < -0.3 is 0 Å². The van der Waals surface area contributed by atoms with E-state index in [0.717, 1.165) is 34.8 Å². The van der Waals surface area contributed by atoms with Crippen LogP contribution in [0.1, 0.15) is 55.6 Å². The zero-order valence-corrected chi connectivity index (χ0v) is 12.5. The second kappa shape index (κ2) is 3.94. The van der Waals surface area contributed by atoms with Crippen molar-refractivity contribution in [1.29, 1.82) is 0 Å². The molecule has 0 aromatic carbocycles. The quantitative estimate of drug-likeness (QED) is 0.718. The van der Waals surface area contributed by atoms with Gasteiger partial charge in [0.1, 0.15) is 11.0 Å². The van der Waals surface area contributed by atoms with Crippen molar-refractivity contribution in [3.63, 3.8) is 0 Å². The largest absolute Gasteiger partial charge is 0.237 e. The van der Waals surface area contributed by atoms with E-state index in [1.807, 2.05) is 6.92 Å². The number of rotatable bonds is 1. The third-order valence-corrected chi connectivity index (χ3v) is 6.21. The molecule has 0 amide bonds. The monoisotopic (exact) mass is 276 g/mol. The van der Waals surface area contributed by atoms with E-state index in [4.69, 9.17) is 16.6 Å². The highest BCUT2D eigenvalue weighted by molar-refractivity contribution is 6.30.